The monoisotopic (exact) mass is 408 g/mol. The van der Waals surface area contributed by atoms with Crippen molar-refractivity contribution in [1.29, 1.82) is 0 Å². The van der Waals surface area contributed by atoms with Crippen LogP contribution in [0.1, 0.15) is 25.7 Å². The third-order valence-corrected chi connectivity index (χ3v) is 1.11. The van der Waals surface area contributed by atoms with Gasteiger partial charge in [0, 0.05) is 33.6 Å². The normalized spacial score (nSPS) is 6.48. The van der Waals surface area contributed by atoms with Crippen LogP contribution < -0.4 is 0 Å². The van der Waals surface area contributed by atoms with Crippen molar-refractivity contribution >= 4 is 23.9 Å². The zero-order valence-corrected chi connectivity index (χ0v) is 12.5. The minimum Gasteiger partial charge on any atom is -0.481 e. The summed E-state index contributed by atoms with van der Waals surface area (Å²) in [6.45, 7) is 0. The summed E-state index contributed by atoms with van der Waals surface area (Å²) >= 11 is 0. The van der Waals surface area contributed by atoms with Crippen LogP contribution in [-0.2, 0) is 52.7 Å². The first-order valence-corrected chi connectivity index (χ1v) is 4.13. The summed E-state index contributed by atoms with van der Waals surface area (Å²) in [6.07, 6.45) is -1.19. The first kappa shape index (κ1) is 42.7. The summed E-state index contributed by atoms with van der Waals surface area (Å²) in [7, 11) is 0. The fourth-order valence-electron chi connectivity index (χ4n) is 0.428. The van der Waals surface area contributed by atoms with Crippen molar-refractivity contribution in [3.63, 3.8) is 0 Å². The van der Waals surface area contributed by atoms with E-state index in [1.54, 1.807) is 0 Å². The maximum atomic E-state index is 9.64. The Kier molecular flexibility index (Phi) is 55.3. The van der Waals surface area contributed by atoms with Gasteiger partial charge in [0.05, 0.1) is 25.7 Å². The molecule has 2 radical (unpaired) electrons. The van der Waals surface area contributed by atoms with Crippen molar-refractivity contribution in [1.82, 2.24) is 0 Å². The van der Waals surface area contributed by atoms with Gasteiger partial charge in [0.15, 0.2) is 0 Å². The van der Waals surface area contributed by atoms with E-state index in [4.69, 9.17) is 20.4 Å². The summed E-state index contributed by atoms with van der Waals surface area (Å²) in [6, 6.07) is 0. The van der Waals surface area contributed by atoms with Crippen LogP contribution in [0.5, 0.6) is 0 Å². The molecule has 13 heteroatoms. The minimum atomic E-state index is -1.08. The van der Waals surface area contributed by atoms with Gasteiger partial charge in [0.1, 0.15) is 0 Å². The molecule has 0 aliphatic rings. The second kappa shape index (κ2) is 27.2. The Morgan fingerprint density at radius 1 is 0.476 bits per heavy atom. The van der Waals surface area contributed by atoms with Crippen LogP contribution in [0.4, 0.5) is 0 Å². The maximum Gasteiger partial charge on any atom is 0.303 e. The van der Waals surface area contributed by atoms with Crippen LogP contribution in [0.25, 0.3) is 0 Å². The number of rotatable bonds is 6. The van der Waals surface area contributed by atoms with E-state index in [0.29, 0.717) is 0 Å². The number of aliphatic carboxylic acids is 4. The Morgan fingerprint density at radius 2 is 0.571 bits per heavy atom. The zero-order valence-electron chi connectivity index (χ0n) is 10.4. The van der Waals surface area contributed by atoms with Crippen molar-refractivity contribution < 1.29 is 89.6 Å². The van der Waals surface area contributed by atoms with Gasteiger partial charge < -0.3 is 36.9 Å². The van der Waals surface area contributed by atoms with E-state index >= 15 is 0 Å². The number of carboxylic acid groups (broad SMARTS) is 4. The average Bonchev–Trinajstić information content (AvgIpc) is 2.12. The molecule has 0 aliphatic heterocycles. The minimum absolute atomic E-state index is 0. The molecule has 0 aromatic rings. The molecule has 0 spiro atoms. The van der Waals surface area contributed by atoms with Crippen LogP contribution in [0.2, 0.25) is 0 Å². The maximum absolute atomic E-state index is 9.64. The van der Waals surface area contributed by atoms with Crippen LogP contribution in [0.3, 0.4) is 0 Å². The number of hydrogen-bond acceptors (Lipinski definition) is 4. The largest absolute Gasteiger partial charge is 0.481 e. The van der Waals surface area contributed by atoms with Crippen LogP contribution in [0.15, 0.2) is 0 Å². The molecule has 10 N–H and O–H groups in total. The SMILES string of the molecule is O.O.O.O=C(O)CCC(=O)O.O=C(O)CCC(=O)O.[Co].[Co]. The molecule has 0 atom stereocenters. The summed E-state index contributed by atoms with van der Waals surface area (Å²) in [4.78, 5) is 38.6. The molecular weight excluding hydrogens is 390 g/mol. The molecule has 11 nitrogen and oxygen atoms in total. The van der Waals surface area contributed by atoms with E-state index in [9.17, 15) is 19.2 Å². The van der Waals surface area contributed by atoms with Crippen molar-refractivity contribution in [2.75, 3.05) is 0 Å². The third-order valence-electron chi connectivity index (χ3n) is 1.11. The van der Waals surface area contributed by atoms with Gasteiger partial charge in [-0.25, -0.2) is 0 Å². The van der Waals surface area contributed by atoms with Gasteiger partial charge in [-0.15, -0.1) is 0 Å². The van der Waals surface area contributed by atoms with E-state index in [-0.39, 0.29) is 75.7 Å². The van der Waals surface area contributed by atoms with Crippen LogP contribution in [0, 0.1) is 0 Å². The van der Waals surface area contributed by atoms with Gasteiger partial charge in [-0.3, -0.25) is 19.2 Å². The van der Waals surface area contributed by atoms with Crippen molar-refractivity contribution in [2.24, 2.45) is 0 Å². The Hall–Kier alpha value is -1.23. The fourth-order valence-corrected chi connectivity index (χ4v) is 0.428. The molecule has 0 rings (SSSR count). The predicted molar refractivity (Wildman–Crippen MR) is 59.9 cm³/mol. The van der Waals surface area contributed by atoms with Gasteiger partial charge >= 0.3 is 23.9 Å². The Bertz CT molecular complexity index is 225. The van der Waals surface area contributed by atoms with Gasteiger partial charge in [-0.05, 0) is 0 Å². The molecule has 134 valence electrons. The third kappa shape index (κ3) is 68.6. The average molecular weight is 408 g/mol. The fraction of sp³-hybridized carbons (Fsp3) is 0.500. The van der Waals surface area contributed by atoms with E-state index in [2.05, 4.69) is 0 Å². The second-order valence-corrected chi connectivity index (χ2v) is 2.57. The molecule has 21 heavy (non-hydrogen) atoms. The smallest absolute Gasteiger partial charge is 0.303 e. The standard InChI is InChI=1S/2C4H6O4.2Co.3H2O/c2*5-3(6)1-2-4(7)8;;;;;/h2*1-2H2,(H,5,6)(H,7,8);;;3*1H2. The van der Waals surface area contributed by atoms with E-state index in [1.165, 1.54) is 0 Å². The molecule has 0 amide bonds. The summed E-state index contributed by atoms with van der Waals surface area (Å²) < 4.78 is 0. The van der Waals surface area contributed by atoms with Crippen molar-refractivity contribution in [3.8, 4) is 0 Å². The first-order chi connectivity index (χ1) is 7.25. The quantitative estimate of drug-likeness (QED) is 0.362. The Morgan fingerprint density at radius 3 is 0.619 bits per heavy atom. The molecular formula is C8H18Co2O11. The molecule has 0 heterocycles. The number of carboxylic acids is 4. The summed E-state index contributed by atoms with van der Waals surface area (Å²) in [5.74, 6) is -4.31. The summed E-state index contributed by atoms with van der Waals surface area (Å²) in [5.41, 5.74) is 0. The molecule has 0 aliphatic carbocycles. The molecule has 0 bridgehead atoms. The summed E-state index contributed by atoms with van der Waals surface area (Å²) in [5, 5.41) is 31.6. The van der Waals surface area contributed by atoms with E-state index in [1.807, 2.05) is 0 Å². The molecule has 0 saturated heterocycles. The van der Waals surface area contributed by atoms with Gasteiger partial charge in [0.25, 0.3) is 0 Å². The second-order valence-electron chi connectivity index (χ2n) is 2.57. The van der Waals surface area contributed by atoms with Gasteiger partial charge in [-0.2, -0.15) is 0 Å². The zero-order chi connectivity index (χ0) is 13.1. The first-order valence-electron chi connectivity index (χ1n) is 4.13. The molecule has 0 aromatic heterocycles. The van der Waals surface area contributed by atoms with E-state index in [0.717, 1.165) is 0 Å². The molecule has 0 fully saturated rings. The Balaban J connectivity index is -0.0000000302. The predicted octanol–water partition coefficient (Wildman–Crippen LogP) is -2.61. The number of hydrogen-bond donors (Lipinski definition) is 4. The molecule has 0 unspecified atom stereocenters. The van der Waals surface area contributed by atoms with Crippen LogP contribution >= 0.6 is 0 Å². The van der Waals surface area contributed by atoms with Gasteiger partial charge in [-0.1, -0.05) is 0 Å². The van der Waals surface area contributed by atoms with Gasteiger partial charge in [0.2, 0.25) is 0 Å². The van der Waals surface area contributed by atoms with Crippen molar-refractivity contribution in [2.45, 2.75) is 25.7 Å². The molecule has 0 aromatic carbocycles. The van der Waals surface area contributed by atoms with Crippen molar-refractivity contribution in [3.05, 3.63) is 0 Å². The van der Waals surface area contributed by atoms with E-state index < -0.39 is 23.9 Å². The topological polar surface area (TPSA) is 244 Å². The van der Waals surface area contributed by atoms with Crippen LogP contribution in [-0.4, -0.2) is 60.7 Å². The Labute approximate surface area is 139 Å². The molecule has 0 saturated carbocycles. The number of carbonyl (C=O) groups is 4.